The van der Waals surface area contributed by atoms with Gasteiger partial charge < -0.3 is 24.8 Å². The van der Waals surface area contributed by atoms with Gasteiger partial charge in [0.2, 0.25) is 11.7 Å². The number of rotatable bonds is 6. The van der Waals surface area contributed by atoms with Crippen LogP contribution < -0.4 is 15.5 Å². The molecule has 0 bridgehead atoms. The molecule has 41 heavy (non-hydrogen) atoms. The molecule has 3 atom stereocenters. The van der Waals surface area contributed by atoms with Gasteiger partial charge in [-0.1, -0.05) is 17.3 Å². The van der Waals surface area contributed by atoms with Gasteiger partial charge >= 0.3 is 12.5 Å². The van der Waals surface area contributed by atoms with Crippen molar-refractivity contribution >= 4 is 28.9 Å². The number of hydrogen-bond acceptors (Lipinski definition) is 8. The number of nitrogens with zero attached hydrogens (tertiary/aromatic N) is 5. The number of carbonyl (C=O) groups is 2. The Kier molecular flexibility index (Phi) is 6.50. The van der Waals surface area contributed by atoms with Gasteiger partial charge in [-0.15, -0.1) is 13.2 Å². The first-order valence-corrected chi connectivity index (χ1v) is 12.7. The topological polar surface area (TPSA) is 127 Å². The van der Waals surface area contributed by atoms with E-state index in [0.717, 1.165) is 5.56 Å². The van der Waals surface area contributed by atoms with Gasteiger partial charge in [-0.2, -0.15) is 10.1 Å². The van der Waals surface area contributed by atoms with Crippen molar-refractivity contribution in [2.45, 2.75) is 44.3 Å². The molecule has 2 aliphatic rings. The monoisotopic (exact) mass is 573 g/mol. The summed E-state index contributed by atoms with van der Waals surface area (Å²) in [7, 11) is 0. The van der Waals surface area contributed by atoms with E-state index in [9.17, 15) is 27.2 Å². The van der Waals surface area contributed by atoms with Gasteiger partial charge in [0, 0.05) is 36.2 Å². The third-order valence-corrected chi connectivity index (χ3v) is 7.05. The van der Waals surface area contributed by atoms with Crippen molar-refractivity contribution in [2.75, 3.05) is 23.3 Å². The zero-order valence-corrected chi connectivity index (χ0v) is 21.5. The van der Waals surface area contributed by atoms with Crippen LogP contribution in [0.3, 0.4) is 0 Å². The third kappa shape index (κ3) is 5.64. The summed E-state index contributed by atoms with van der Waals surface area (Å²) in [6, 6.07) is 8.26. The highest BCUT2D eigenvalue weighted by atomic mass is 19.4. The Morgan fingerprint density at radius 1 is 1.20 bits per heavy atom. The molecule has 1 saturated carbocycles. The Hall–Kier alpha value is -4.69. The molecule has 3 aromatic heterocycles. The van der Waals surface area contributed by atoms with Crippen molar-refractivity contribution in [3.05, 3.63) is 59.7 Å². The van der Waals surface area contributed by atoms with E-state index in [4.69, 9.17) is 4.52 Å². The molecule has 1 aliphatic carbocycles. The number of anilines is 2. The zero-order valence-electron chi connectivity index (χ0n) is 21.5. The summed E-state index contributed by atoms with van der Waals surface area (Å²) in [5.74, 6) is -0.238. The van der Waals surface area contributed by atoms with Crippen molar-refractivity contribution < 1.29 is 36.4 Å². The molecule has 2 N–H and O–H groups in total. The number of pyridine rings is 1. The van der Waals surface area contributed by atoms with Crippen LogP contribution in [0.25, 0.3) is 16.9 Å². The minimum atomic E-state index is -5.06. The molecule has 0 unspecified atom stereocenters. The average Bonchev–Trinajstić information content (AvgIpc) is 3.33. The van der Waals surface area contributed by atoms with Crippen molar-refractivity contribution in [2.24, 2.45) is 0 Å². The number of aromatic nitrogens is 4. The van der Waals surface area contributed by atoms with Gasteiger partial charge in [0.05, 0.1) is 29.2 Å². The Bertz CT molecular complexity index is 1640. The molecule has 1 aliphatic heterocycles. The number of amides is 2. The predicted molar refractivity (Wildman–Crippen MR) is 136 cm³/mol. The second kappa shape index (κ2) is 10.1. The number of halogens is 4. The summed E-state index contributed by atoms with van der Waals surface area (Å²) >= 11 is 0. The number of fused-ring (bicyclic) bond motifs is 1. The van der Waals surface area contributed by atoms with Crippen molar-refractivity contribution in [1.29, 1.82) is 0 Å². The Balaban J connectivity index is 1.17. The minimum absolute atomic E-state index is 0.252. The first kappa shape index (κ1) is 26.5. The summed E-state index contributed by atoms with van der Waals surface area (Å²) in [6.45, 7) is 2.56. The van der Waals surface area contributed by atoms with E-state index in [1.54, 1.807) is 36.5 Å². The lowest BCUT2D eigenvalue weighted by Crippen LogP contribution is -2.39. The van der Waals surface area contributed by atoms with E-state index in [1.165, 1.54) is 10.7 Å². The number of benzene rings is 1. The van der Waals surface area contributed by atoms with Crippen LogP contribution in [-0.4, -0.2) is 63.4 Å². The van der Waals surface area contributed by atoms with Crippen molar-refractivity contribution in [3.63, 3.8) is 0 Å². The van der Waals surface area contributed by atoms with Crippen LogP contribution in [0.1, 0.15) is 40.6 Å². The first-order chi connectivity index (χ1) is 19.5. The zero-order chi connectivity index (χ0) is 28.9. The maximum absolute atomic E-state index is 13.4. The molecule has 214 valence electrons. The molecule has 0 radical (unpaired) electrons. The van der Waals surface area contributed by atoms with Crippen LogP contribution in [0.15, 0.2) is 47.2 Å². The second-order valence-electron chi connectivity index (χ2n) is 9.98. The molecule has 4 aromatic rings. The van der Waals surface area contributed by atoms with Gasteiger partial charge in [0.25, 0.3) is 5.91 Å². The van der Waals surface area contributed by atoms with Gasteiger partial charge in [-0.05, 0) is 43.5 Å². The van der Waals surface area contributed by atoms with Gasteiger partial charge in [-0.25, -0.2) is 13.7 Å². The number of alkyl halides is 4. The van der Waals surface area contributed by atoms with E-state index >= 15 is 0 Å². The minimum Gasteiger partial charge on any atom is -0.369 e. The molecular weight excluding hydrogens is 550 g/mol. The quantitative estimate of drug-likeness (QED) is 0.321. The van der Waals surface area contributed by atoms with Crippen LogP contribution in [-0.2, 0) is 4.74 Å². The second-order valence-corrected chi connectivity index (χ2v) is 9.98. The summed E-state index contributed by atoms with van der Waals surface area (Å²) < 4.78 is 60.3. The van der Waals surface area contributed by atoms with Gasteiger partial charge in [0.1, 0.15) is 6.17 Å². The molecule has 0 spiro atoms. The summed E-state index contributed by atoms with van der Waals surface area (Å²) in [4.78, 5) is 31.0. The van der Waals surface area contributed by atoms with Crippen LogP contribution in [0.4, 0.5) is 33.7 Å². The lowest BCUT2D eigenvalue weighted by Gasteiger charge is -2.19. The maximum atomic E-state index is 13.4. The fourth-order valence-corrected chi connectivity index (χ4v) is 4.76. The van der Waals surface area contributed by atoms with Crippen LogP contribution in [0.2, 0.25) is 0 Å². The van der Waals surface area contributed by atoms with Crippen LogP contribution in [0, 0.1) is 6.92 Å². The molecule has 1 aromatic carbocycles. The van der Waals surface area contributed by atoms with Crippen molar-refractivity contribution in [1.82, 2.24) is 25.1 Å². The predicted octanol–water partition coefficient (Wildman–Crippen LogP) is 4.60. The number of carbonyl (C=O) groups excluding carboxylic acids is 2. The fraction of sp³-hybridized carbons (Fsp3) is 0.346. The highest BCUT2D eigenvalue weighted by Crippen LogP contribution is 2.43. The van der Waals surface area contributed by atoms with Crippen molar-refractivity contribution in [3.8, 4) is 11.4 Å². The summed E-state index contributed by atoms with van der Waals surface area (Å²) in [5, 5.41) is 13.3. The molecule has 15 heteroatoms. The number of hydrogen-bond donors (Lipinski definition) is 2. The van der Waals surface area contributed by atoms with E-state index in [2.05, 4.69) is 30.6 Å². The maximum Gasteiger partial charge on any atom is 0.576 e. The van der Waals surface area contributed by atoms with E-state index in [1.807, 2.05) is 11.8 Å². The molecule has 11 nitrogen and oxygen atoms in total. The standard InChI is InChI=1S/C26H23F4N7O4/c1-13-2-3-14(22-34-24(41-35-22)17-10-19(17)27)8-20(13)33-23(38)18-11-31-37-7-5-16(9-21(18)37)36-6-4-15(12-36)32-25(39)40-26(28,29)30/h2-3,5,7-9,11,15,17,19H,4,6,10,12H2,1H3,(H,32,39)(H,33,38)/t15-,17-,19-/m0/s1. The Morgan fingerprint density at radius 2 is 2.00 bits per heavy atom. The van der Waals surface area contributed by atoms with E-state index in [-0.39, 0.29) is 18.4 Å². The lowest BCUT2D eigenvalue weighted by atomic mass is 10.1. The highest BCUT2D eigenvalue weighted by Gasteiger charge is 2.43. The average molecular weight is 574 g/mol. The number of aryl methyl sites for hydroxylation is 1. The normalized spacial score (nSPS) is 20.3. The van der Waals surface area contributed by atoms with E-state index < -0.39 is 30.6 Å². The number of nitrogens with one attached hydrogen (secondary N) is 2. The number of ether oxygens (including phenoxy) is 1. The molecule has 4 heterocycles. The van der Waals surface area contributed by atoms with Gasteiger partial charge in [-0.3, -0.25) is 4.79 Å². The van der Waals surface area contributed by atoms with E-state index in [0.29, 0.717) is 53.2 Å². The first-order valence-electron chi connectivity index (χ1n) is 12.7. The fourth-order valence-electron chi connectivity index (χ4n) is 4.76. The largest absolute Gasteiger partial charge is 0.576 e. The molecule has 6 rings (SSSR count). The highest BCUT2D eigenvalue weighted by molar-refractivity contribution is 6.09. The molecule has 2 amide bonds. The van der Waals surface area contributed by atoms with Crippen LogP contribution >= 0.6 is 0 Å². The summed E-state index contributed by atoms with van der Waals surface area (Å²) in [5.41, 5.74) is 3.41. The lowest BCUT2D eigenvalue weighted by molar-refractivity contribution is -0.291. The number of alkyl carbamates (subject to hydrolysis) is 1. The SMILES string of the molecule is Cc1ccc(-c2noc([C@H]3C[C@@H]3F)n2)cc1NC(=O)c1cnn2ccc(N3CC[C@H](NC(=O)OC(F)(F)F)C3)cc12. The Labute approximate surface area is 229 Å². The smallest absolute Gasteiger partial charge is 0.369 e. The molecule has 2 fully saturated rings. The Morgan fingerprint density at radius 3 is 2.76 bits per heavy atom. The summed E-state index contributed by atoms with van der Waals surface area (Å²) in [6.07, 6.45) is -3.69. The molecular formula is C26H23F4N7O4. The third-order valence-electron chi connectivity index (χ3n) is 7.05. The van der Waals surface area contributed by atoms with Crippen LogP contribution in [0.5, 0.6) is 0 Å². The molecule has 1 saturated heterocycles. The van der Waals surface area contributed by atoms with Gasteiger partial charge in [0.15, 0.2) is 0 Å².